The molecule has 0 aliphatic carbocycles. The highest BCUT2D eigenvalue weighted by Gasteiger charge is 2.31. The number of nitrogens with zero attached hydrogens (tertiary/aromatic N) is 3. The van der Waals surface area contributed by atoms with Crippen molar-refractivity contribution in [1.82, 2.24) is 14.8 Å². The topological polar surface area (TPSA) is 68.8 Å². The molecule has 0 bridgehead atoms. The zero-order chi connectivity index (χ0) is 15.1. The van der Waals surface area contributed by atoms with Gasteiger partial charge in [0, 0.05) is 9.35 Å². The van der Waals surface area contributed by atoms with Crippen molar-refractivity contribution in [1.29, 1.82) is 0 Å². The van der Waals surface area contributed by atoms with Gasteiger partial charge in [0.05, 0.1) is 12.1 Å². The van der Waals surface area contributed by atoms with Crippen molar-refractivity contribution in [3.63, 3.8) is 0 Å². The molecule has 0 fully saturated rings. The van der Waals surface area contributed by atoms with Crippen LogP contribution in [0.15, 0.2) is 46.3 Å². The lowest BCUT2D eigenvalue weighted by molar-refractivity contribution is 0.437. The third-order valence-corrected chi connectivity index (χ3v) is 5.35. The first-order valence-corrected chi connectivity index (χ1v) is 8.65. The van der Waals surface area contributed by atoms with Gasteiger partial charge in [-0.2, -0.15) is 4.98 Å². The fourth-order valence-electron chi connectivity index (χ4n) is 2.83. The fourth-order valence-corrected chi connectivity index (χ4v) is 3.91. The first-order valence-electron chi connectivity index (χ1n) is 6.98. The molecule has 1 aliphatic rings. The summed E-state index contributed by atoms with van der Waals surface area (Å²) >= 11 is 5.22. The molecule has 3 N–H and O–H groups in total. The predicted octanol–water partition coefficient (Wildman–Crippen LogP) is 3.83. The molecule has 1 aliphatic heterocycles. The van der Waals surface area contributed by atoms with E-state index in [9.17, 15) is 0 Å². The Labute approximate surface area is 140 Å². The average molecular weight is 376 g/mol. The number of nitrogen functional groups attached to an aromatic ring is 1. The van der Waals surface area contributed by atoms with Crippen molar-refractivity contribution in [2.45, 2.75) is 18.5 Å². The molecular weight excluding hydrogens is 362 g/mol. The summed E-state index contributed by atoms with van der Waals surface area (Å²) in [6.45, 7) is 0. The van der Waals surface area contributed by atoms with E-state index >= 15 is 0 Å². The Hall–Kier alpha value is -1.86. The summed E-state index contributed by atoms with van der Waals surface area (Å²) in [5.41, 5.74) is 7.03. The van der Waals surface area contributed by atoms with Crippen LogP contribution >= 0.6 is 27.3 Å². The van der Waals surface area contributed by atoms with E-state index in [1.165, 1.54) is 10.4 Å². The van der Waals surface area contributed by atoms with E-state index in [0.29, 0.717) is 5.95 Å². The van der Waals surface area contributed by atoms with Crippen LogP contribution < -0.4 is 11.1 Å². The van der Waals surface area contributed by atoms with Crippen LogP contribution in [0.5, 0.6) is 0 Å². The van der Waals surface area contributed by atoms with E-state index in [-0.39, 0.29) is 12.1 Å². The second-order valence-electron chi connectivity index (χ2n) is 5.25. The second-order valence-corrected chi connectivity index (χ2v) is 7.15. The molecule has 0 spiro atoms. The van der Waals surface area contributed by atoms with Crippen molar-refractivity contribution in [3.05, 3.63) is 56.7 Å². The minimum absolute atomic E-state index is 0.162. The van der Waals surface area contributed by atoms with E-state index in [0.717, 1.165) is 16.8 Å². The maximum Gasteiger partial charge on any atom is 0.241 e. The third-order valence-electron chi connectivity index (χ3n) is 3.85. The molecule has 22 heavy (non-hydrogen) atoms. The van der Waals surface area contributed by atoms with Gasteiger partial charge in [0.15, 0.2) is 0 Å². The van der Waals surface area contributed by atoms with E-state index in [4.69, 9.17) is 5.73 Å². The molecule has 0 radical (unpaired) electrons. The van der Waals surface area contributed by atoms with Crippen molar-refractivity contribution in [2.24, 2.45) is 0 Å². The number of hydrogen-bond donors (Lipinski definition) is 2. The molecule has 2 aromatic heterocycles. The van der Waals surface area contributed by atoms with E-state index in [2.05, 4.69) is 73.1 Å². The van der Waals surface area contributed by atoms with E-state index in [1.807, 2.05) is 4.68 Å². The Bertz CT molecular complexity index is 781. The van der Waals surface area contributed by atoms with Gasteiger partial charge in [0.25, 0.3) is 0 Å². The number of anilines is 2. The summed E-state index contributed by atoms with van der Waals surface area (Å²) in [6.07, 6.45) is 0.915. The number of aromatic nitrogens is 3. The highest BCUT2D eigenvalue weighted by atomic mass is 79.9. The highest BCUT2D eigenvalue weighted by molar-refractivity contribution is 9.10. The lowest BCUT2D eigenvalue weighted by atomic mass is 9.97. The number of rotatable bonds is 2. The summed E-state index contributed by atoms with van der Waals surface area (Å²) in [4.78, 5) is 5.59. The molecule has 112 valence electrons. The standard InChI is InChI=1S/C15H14BrN5S/c16-10-5-3-9(4-6-10)11-8-12(13-2-1-7-22-13)21-15(18-11)19-14(17)20-21/h1-7,11-12H,8H2,(H3,17,18,19,20)/t11-,12+/m0/s1. The molecule has 5 nitrogen and oxygen atoms in total. The molecule has 0 saturated heterocycles. The number of hydrogen-bond acceptors (Lipinski definition) is 5. The van der Waals surface area contributed by atoms with Crippen molar-refractivity contribution in [2.75, 3.05) is 11.1 Å². The number of nitrogens with two attached hydrogens (primary N) is 1. The molecular formula is C15H14BrN5S. The number of halogens is 1. The van der Waals surface area contributed by atoms with Gasteiger partial charge in [-0.3, -0.25) is 0 Å². The Morgan fingerprint density at radius 3 is 2.82 bits per heavy atom. The Morgan fingerprint density at radius 1 is 1.27 bits per heavy atom. The number of benzene rings is 1. The molecule has 0 amide bonds. The van der Waals surface area contributed by atoms with Crippen molar-refractivity contribution >= 4 is 39.2 Å². The van der Waals surface area contributed by atoms with Gasteiger partial charge in [-0.15, -0.1) is 16.4 Å². The molecule has 4 rings (SSSR count). The molecule has 2 atom stereocenters. The first-order chi connectivity index (χ1) is 10.7. The quantitative estimate of drug-likeness (QED) is 0.713. The van der Waals surface area contributed by atoms with Crippen LogP contribution in [0.3, 0.4) is 0 Å². The first kappa shape index (κ1) is 13.8. The van der Waals surface area contributed by atoms with Crippen LogP contribution in [0.4, 0.5) is 11.9 Å². The third kappa shape index (κ3) is 2.40. The van der Waals surface area contributed by atoms with Gasteiger partial charge in [0.2, 0.25) is 11.9 Å². The average Bonchev–Trinajstić information content (AvgIpc) is 3.15. The zero-order valence-corrected chi connectivity index (χ0v) is 14.0. The van der Waals surface area contributed by atoms with Crippen molar-refractivity contribution < 1.29 is 0 Å². The minimum atomic E-state index is 0.162. The second kappa shape index (κ2) is 5.40. The van der Waals surface area contributed by atoms with Crippen molar-refractivity contribution in [3.8, 4) is 0 Å². The molecule has 0 unspecified atom stereocenters. The van der Waals surface area contributed by atoms with Gasteiger partial charge in [-0.25, -0.2) is 4.68 Å². The summed E-state index contributed by atoms with van der Waals surface area (Å²) in [7, 11) is 0. The lowest BCUT2D eigenvalue weighted by Crippen LogP contribution is -2.27. The van der Waals surface area contributed by atoms with E-state index in [1.54, 1.807) is 11.3 Å². The summed E-state index contributed by atoms with van der Waals surface area (Å²) < 4.78 is 2.98. The normalized spacial score (nSPS) is 20.4. The summed E-state index contributed by atoms with van der Waals surface area (Å²) in [6, 6.07) is 12.9. The van der Waals surface area contributed by atoms with Gasteiger partial charge < -0.3 is 11.1 Å². The summed E-state index contributed by atoms with van der Waals surface area (Å²) in [5.74, 6) is 1.04. The Morgan fingerprint density at radius 2 is 2.09 bits per heavy atom. The predicted molar refractivity (Wildman–Crippen MR) is 92.0 cm³/mol. The lowest BCUT2D eigenvalue weighted by Gasteiger charge is -2.31. The van der Waals surface area contributed by atoms with Crippen LogP contribution in [0, 0.1) is 0 Å². The van der Waals surface area contributed by atoms with Crippen LogP contribution in [0.25, 0.3) is 0 Å². The molecule has 3 heterocycles. The maximum absolute atomic E-state index is 5.79. The molecule has 1 aromatic carbocycles. The maximum atomic E-state index is 5.79. The molecule has 7 heteroatoms. The Balaban J connectivity index is 1.74. The number of nitrogens with one attached hydrogen (secondary N) is 1. The molecule has 0 saturated carbocycles. The number of thiophene rings is 1. The smallest absolute Gasteiger partial charge is 0.241 e. The van der Waals surface area contributed by atoms with Gasteiger partial charge in [-0.1, -0.05) is 34.1 Å². The van der Waals surface area contributed by atoms with Crippen LogP contribution in [-0.2, 0) is 0 Å². The minimum Gasteiger partial charge on any atom is -0.366 e. The Kier molecular flexibility index (Phi) is 3.38. The van der Waals surface area contributed by atoms with Gasteiger partial charge in [0.1, 0.15) is 0 Å². The van der Waals surface area contributed by atoms with Crippen LogP contribution in [0.1, 0.15) is 28.9 Å². The largest absolute Gasteiger partial charge is 0.366 e. The van der Waals surface area contributed by atoms with Crippen LogP contribution in [0.2, 0.25) is 0 Å². The highest BCUT2D eigenvalue weighted by Crippen LogP contribution is 2.39. The fraction of sp³-hybridized carbons (Fsp3) is 0.200. The zero-order valence-electron chi connectivity index (χ0n) is 11.6. The number of fused-ring (bicyclic) bond motifs is 1. The summed E-state index contributed by atoms with van der Waals surface area (Å²) in [5, 5.41) is 9.88. The van der Waals surface area contributed by atoms with Gasteiger partial charge in [-0.05, 0) is 35.6 Å². The SMILES string of the molecule is Nc1nc2n(n1)[C@@H](c1cccs1)C[C@@H](c1ccc(Br)cc1)N2. The monoisotopic (exact) mass is 375 g/mol. The van der Waals surface area contributed by atoms with Gasteiger partial charge >= 0.3 is 0 Å². The molecule has 3 aromatic rings. The van der Waals surface area contributed by atoms with E-state index < -0.39 is 0 Å². The van der Waals surface area contributed by atoms with Crippen LogP contribution in [-0.4, -0.2) is 14.8 Å².